The quantitative estimate of drug-likeness (QED) is 0.502. The Kier molecular flexibility index (Phi) is 7.74. The minimum atomic E-state index is -4.03. The van der Waals surface area contributed by atoms with E-state index in [2.05, 4.69) is 5.32 Å². The van der Waals surface area contributed by atoms with Crippen LogP contribution in [0.1, 0.15) is 5.56 Å². The molecular weight excluding hydrogens is 452 g/mol. The standard InChI is InChI=1S/C23H23ClN2O5S/c1-30-19-10-8-18(9-11-19)25-23(27)16-26(15-17-6-4-3-5-7-17)32(28,29)20-12-13-22(31-2)21(24)14-20/h3-14H,15-16H2,1-2H3,(H,25,27). The number of carbonyl (C=O) groups is 1. The number of nitrogens with one attached hydrogen (secondary N) is 1. The van der Waals surface area contributed by atoms with Crippen molar-refractivity contribution in [1.29, 1.82) is 0 Å². The van der Waals surface area contributed by atoms with Gasteiger partial charge in [-0.25, -0.2) is 8.42 Å². The van der Waals surface area contributed by atoms with E-state index in [1.165, 1.54) is 25.3 Å². The molecule has 1 amide bonds. The van der Waals surface area contributed by atoms with Crippen molar-refractivity contribution in [1.82, 2.24) is 4.31 Å². The predicted molar refractivity (Wildman–Crippen MR) is 124 cm³/mol. The molecule has 0 spiro atoms. The third kappa shape index (κ3) is 5.79. The molecule has 0 bridgehead atoms. The monoisotopic (exact) mass is 474 g/mol. The molecule has 0 heterocycles. The van der Waals surface area contributed by atoms with Gasteiger partial charge in [-0.1, -0.05) is 41.9 Å². The van der Waals surface area contributed by atoms with E-state index in [-0.39, 0.29) is 23.0 Å². The van der Waals surface area contributed by atoms with Crippen LogP contribution < -0.4 is 14.8 Å². The molecule has 0 radical (unpaired) electrons. The van der Waals surface area contributed by atoms with Crippen LogP contribution in [0.2, 0.25) is 5.02 Å². The maximum atomic E-state index is 13.4. The third-order valence-corrected chi connectivity index (χ3v) is 6.74. The second-order valence-corrected chi connectivity index (χ2v) is 9.18. The van der Waals surface area contributed by atoms with Gasteiger partial charge in [-0.05, 0) is 48.0 Å². The molecule has 0 saturated heterocycles. The number of benzene rings is 3. The van der Waals surface area contributed by atoms with Gasteiger partial charge in [0, 0.05) is 12.2 Å². The lowest BCUT2D eigenvalue weighted by Gasteiger charge is -2.22. The lowest BCUT2D eigenvalue weighted by Crippen LogP contribution is -2.37. The number of methoxy groups -OCH3 is 2. The van der Waals surface area contributed by atoms with Gasteiger partial charge in [-0.15, -0.1) is 0 Å². The van der Waals surface area contributed by atoms with Crippen molar-refractivity contribution in [2.45, 2.75) is 11.4 Å². The van der Waals surface area contributed by atoms with Crippen LogP contribution in [0.4, 0.5) is 5.69 Å². The van der Waals surface area contributed by atoms with Gasteiger partial charge < -0.3 is 14.8 Å². The highest BCUT2D eigenvalue weighted by molar-refractivity contribution is 7.89. The molecule has 7 nitrogen and oxygen atoms in total. The first-order valence-corrected chi connectivity index (χ1v) is 11.5. The molecule has 0 aliphatic carbocycles. The SMILES string of the molecule is COc1ccc(NC(=O)CN(Cc2ccccc2)S(=O)(=O)c2ccc(OC)c(Cl)c2)cc1. The number of nitrogens with zero attached hydrogens (tertiary/aromatic N) is 1. The highest BCUT2D eigenvalue weighted by Gasteiger charge is 2.28. The van der Waals surface area contributed by atoms with Crippen LogP contribution in [0, 0.1) is 0 Å². The Labute approximate surface area is 192 Å². The van der Waals surface area contributed by atoms with Crippen LogP contribution in [0.15, 0.2) is 77.7 Å². The molecule has 0 atom stereocenters. The molecule has 3 aromatic carbocycles. The molecular formula is C23H23ClN2O5S. The van der Waals surface area contributed by atoms with Crippen LogP contribution in [0.25, 0.3) is 0 Å². The number of anilines is 1. The minimum absolute atomic E-state index is 0.0167. The summed E-state index contributed by atoms with van der Waals surface area (Å²) in [6.07, 6.45) is 0. The van der Waals surface area contributed by atoms with E-state index in [1.807, 2.05) is 18.2 Å². The van der Waals surface area contributed by atoms with Crippen molar-refractivity contribution in [3.63, 3.8) is 0 Å². The van der Waals surface area contributed by atoms with Gasteiger partial charge in [-0.3, -0.25) is 4.79 Å². The molecule has 9 heteroatoms. The molecule has 0 fully saturated rings. The molecule has 3 aromatic rings. The zero-order valence-corrected chi connectivity index (χ0v) is 19.2. The number of hydrogen-bond acceptors (Lipinski definition) is 5. The van der Waals surface area contributed by atoms with E-state index in [0.717, 1.165) is 9.87 Å². The van der Waals surface area contributed by atoms with E-state index in [4.69, 9.17) is 21.1 Å². The van der Waals surface area contributed by atoms with Gasteiger partial charge in [0.1, 0.15) is 11.5 Å². The summed E-state index contributed by atoms with van der Waals surface area (Å²) in [6, 6.07) is 20.0. The Morgan fingerprint density at radius 2 is 1.66 bits per heavy atom. The van der Waals surface area contributed by atoms with Crippen LogP contribution >= 0.6 is 11.6 Å². The average Bonchev–Trinajstić information content (AvgIpc) is 2.79. The van der Waals surface area contributed by atoms with E-state index in [1.54, 1.807) is 43.5 Å². The first-order valence-electron chi connectivity index (χ1n) is 9.65. The summed E-state index contributed by atoms with van der Waals surface area (Å²) in [4.78, 5) is 12.7. The molecule has 0 aromatic heterocycles. The largest absolute Gasteiger partial charge is 0.497 e. The summed E-state index contributed by atoms with van der Waals surface area (Å²) in [5, 5.41) is 2.88. The fourth-order valence-corrected chi connectivity index (χ4v) is 4.74. The fourth-order valence-electron chi connectivity index (χ4n) is 3.00. The number of sulfonamides is 1. The Morgan fingerprint density at radius 3 is 2.25 bits per heavy atom. The number of halogens is 1. The van der Waals surface area contributed by atoms with Crippen LogP contribution in [-0.2, 0) is 21.4 Å². The van der Waals surface area contributed by atoms with Gasteiger partial charge in [-0.2, -0.15) is 4.31 Å². The number of rotatable bonds is 9. The van der Waals surface area contributed by atoms with Crippen molar-refractivity contribution in [2.24, 2.45) is 0 Å². The van der Waals surface area contributed by atoms with Gasteiger partial charge in [0.25, 0.3) is 0 Å². The third-order valence-electron chi connectivity index (χ3n) is 4.66. The number of hydrogen-bond donors (Lipinski definition) is 1. The summed E-state index contributed by atoms with van der Waals surface area (Å²) in [6.45, 7) is -0.365. The van der Waals surface area contributed by atoms with Crippen LogP contribution in [0.5, 0.6) is 11.5 Å². The van der Waals surface area contributed by atoms with Gasteiger partial charge in [0.2, 0.25) is 15.9 Å². The Bertz CT molecular complexity index is 1170. The lowest BCUT2D eigenvalue weighted by atomic mass is 10.2. The molecule has 0 unspecified atom stereocenters. The zero-order chi connectivity index (χ0) is 23.1. The first-order chi connectivity index (χ1) is 15.3. The van der Waals surface area contributed by atoms with Gasteiger partial charge in [0.05, 0.1) is 30.7 Å². The molecule has 168 valence electrons. The van der Waals surface area contributed by atoms with Crippen molar-refractivity contribution >= 4 is 33.2 Å². The maximum Gasteiger partial charge on any atom is 0.243 e. The Hall–Kier alpha value is -3.07. The molecule has 0 aliphatic rings. The van der Waals surface area contributed by atoms with E-state index in [0.29, 0.717) is 17.2 Å². The van der Waals surface area contributed by atoms with Crippen molar-refractivity contribution in [3.05, 3.63) is 83.4 Å². The molecule has 0 saturated carbocycles. The van der Waals surface area contributed by atoms with Crippen molar-refractivity contribution < 1.29 is 22.7 Å². The van der Waals surface area contributed by atoms with E-state index in [9.17, 15) is 13.2 Å². The van der Waals surface area contributed by atoms with Crippen molar-refractivity contribution in [3.8, 4) is 11.5 Å². The molecule has 32 heavy (non-hydrogen) atoms. The first kappa shape index (κ1) is 23.6. The highest BCUT2D eigenvalue weighted by atomic mass is 35.5. The van der Waals surface area contributed by atoms with Crippen LogP contribution in [0.3, 0.4) is 0 Å². The predicted octanol–water partition coefficient (Wildman–Crippen LogP) is 4.19. The topological polar surface area (TPSA) is 84.9 Å². The summed E-state index contributed by atoms with van der Waals surface area (Å²) in [5.41, 5.74) is 1.27. The van der Waals surface area contributed by atoms with Gasteiger partial charge in [0.15, 0.2) is 0 Å². The average molecular weight is 475 g/mol. The summed E-state index contributed by atoms with van der Waals surface area (Å²) >= 11 is 6.14. The zero-order valence-electron chi connectivity index (χ0n) is 17.6. The molecule has 1 N–H and O–H groups in total. The lowest BCUT2D eigenvalue weighted by molar-refractivity contribution is -0.116. The normalized spacial score (nSPS) is 11.2. The maximum absolute atomic E-state index is 13.4. The second kappa shape index (κ2) is 10.5. The fraction of sp³-hybridized carbons (Fsp3) is 0.174. The second-order valence-electron chi connectivity index (χ2n) is 6.83. The summed E-state index contributed by atoms with van der Waals surface area (Å²) < 4.78 is 38.1. The van der Waals surface area contributed by atoms with E-state index < -0.39 is 15.9 Å². The summed E-state index contributed by atoms with van der Waals surface area (Å²) in [7, 11) is -1.04. The summed E-state index contributed by atoms with van der Waals surface area (Å²) in [5.74, 6) is 0.527. The van der Waals surface area contributed by atoms with E-state index >= 15 is 0 Å². The highest BCUT2D eigenvalue weighted by Crippen LogP contribution is 2.29. The molecule has 3 rings (SSSR count). The Morgan fingerprint density at radius 1 is 0.969 bits per heavy atom. The van der Waals surface area contributed by atoms with Crippen molar-refractivity contribution in [2.75, 3.05) is 26.1 Å². The minimum Gasteiger partial charge on any atom is -0.497 e. The Balaban J connectivity index is 1.86. The number of ether oxygens (including phenoxy) is 2. The van der Waals surface area contributed by atoms with Gasteiger partial charge >= 0.3 is 0 Å². The number of amides is 1. The number of carbonyl (C=O) groups excluding carboxylic acids is 1. The van der Waals surface area contributed by atoms with Crippen LogP contribution in [-0.4, -0.2) is 39.4 Å². The smallest absolute Gasteiger partial charge is 0.243 e. The molecule has 0 aliphatic heterocycles.